The van der Waals surface area contributed by atoms with Gasteiger partial charge in [0.1, 0.15) is 4.47 Å². The van der Waals surface area contributed by atoms with E-state index in [-0.39, 0.29) is 5.41 Å². The molecule has 0 aliphatic carbocycles. The van der Waals surface area contributed by atoms with Crippen molar-refractivity contribution in [3.8, 4) is 0 Å². The average molecular weight is 530 g/mol. The fourth-order valence-corrected chi connectivity index (χ4v) is 5.82. The van der Waals surface area contributed by atoms with Crippen molar-refractivity contribution in [1.29, 1.82) is 0 Å². The Morgan fingerprint density at radius 1 is 1.21 bits per heavy atom. The molecule has 3 aromatic rings. The minimum absolute atomic E-state index is 0.103. The number of nitrogens with zero attached hydrogens (tertiary/aromatic N) is 3. The van der Waals surface area contributed by atoms with E-state index in [0.717, 1.165) is 48.4 Å². The van der Waals surface area contributed by atoms with E-state index < -0.39 is 0 Å². The quantitative estimate of drug-likeness (QED) is 0.324. The Labute approximate surface area is 210 Å². The topological polar surface area (TPSA) is 54.2 Å². The summed E-state index contributed by atoms with van der Waals surface area (Å²) in [6, 6.07) is 11.5. The van der Waals surface area contributed by atoms with Crippen LogP contribution in [0.3, 0.4) is 0 Å². The van der Waals surface area contributed by atoms with E-state index in [1.54, 1.807) is 11.9 Å². The fourth-order valence-electron chi connectivity index (χ4n) is 4.16. The van der Waals surface area contributed by atoms with Crippen molar-refractivity contribution in [2.45, 2.75) is 76.8 Å². The lowest BCUT2D eigenvalue weighted by Crippen LogP contribution is -2.33. The Balaban J connectivity index is 1.42. The van der Waals surface area contributed by atoms with Crippen LogP contribution in [0.15, 0.2) is 50.4 Å². The van der Waals surface area contributed by atoms with Gasteiger partial charge in [0.2, 0.25) is 0 Å². The van der Waals surface area contributed by atoms with Gasteiger partial charge in [-0.1, -0.05) is 51.4 Å². The van der Waals surface area contributed by atoms with Gasteiger partial charge in [-0.2, -0.15) is 0 Å². The maximum Gasteiger partial charge on any atom is 0.194 e. The Morgan fingerprint density at radius 3 is 2.70 bits per heavy atom. The van der Waals surface area contributed by atoms with E-state index >= 15 is 0 Å². The molecule has 0 spiro atoms. The van der Waals surface area contributed by atoms with E-state index in [1.165, 1.54) is 27.3 Å². The highest BCUT2D eigenvalue weighted by atomic mass is 79.9. The molecule has 0 amide bonds. The summed E-state index contributed by atoms with van der Waals surface area (Å²) in [5.74, 6) is 1.56. The van der Waals surface area contributed by atoms with Gasteiger partial charge < -0.3 is 9.25 Å². The third-order valence-electron chi connectivity index (χ3n) is 6.19. The highest BCUT2D eigenvalue weighted by molar-refractivity contribution is 9.10. The van der Waals surface area contributed by atoms with Crippen LogP contribution in [-0.4, -0.2) is 21.6 Å². The van der Waals surface area contributed by atoms with Crippen molar-refractivity contribution in [1.82, 2.24) is 15.0 Å². The van der Waals surface area contributed by atoms with E-state index in [1.807, 2.05) is 0 Å². The summed E-state index contributed by atoms with van der Waals surface area (Å²) in [6.45, 7) is 12.8. The number of rotatable bonds is 7. The Hall–Kier alpha value is -1.83. The molecule has 0 fully saturated rings. The molecule has 1 aromatic carbocycles. The SMILES string of the molecule is CCCc1ccc(C(C)N2CCc3ccc(SNc4noc(C(C)(C)C)c4Br)cc3C2)cn1. The van der Waals surface area contributed by atoms with Crippen LogP contribution in [0.5, 0.6) is 0 Å². The molecule has 1 aliphatic rings. The summed E-state index contributed by atoms with van der Waals surface area (Å²) in [4.78, 5) is 8.38. The molecular formula is C26H33BrN4OS. The Bertz CT molecular complexity index is 1090. The van der Waals surface area contributed by atoms with Crippen molar-refractivity contribution >= 4 is 33.7 Å². The number of aromatic nitrogens is 2. The predicted octanol–water partition coefficient (Wildman–Crippen LogP) is 7.32. The molecule has 176 valence electrons. The molecular weight excluding hydrogens is 496 g/mol. The zero-order valence-electron chi connectivity index (χ0n) is 20.1. The maximum absolute atomic E-state index is 5.56. The van der Waals surface area contributed by atoms with Crippen molar-refractivity contribution in [2.75, 3.05) is 11.3 Å². The summed E-state index contributed by atoms with van der Waals surface area (Å²) in [5, 5.41) is 4.20. The zero-order chi connectivity index (χ0) is 23.6. The molecule has 1 atom stereocenters. The molecule has 1 unspecified atom stereocenters. The second-order valence-electron chi connectivity index (χ2n) is 9.79. The molecule has 0 radical (unpaired) electrons. The number of hydrogen-bond acceptors (Lipinski definition) is 6. The van der Waals surface area contributed by atoms with Gasteiger partial charge in [-0.25, -0.2) is 0 Å². The fraction of sp³-hybridized carbons (Fsp3) is 0.462. The molecule has 2 aromatic heterocycles. The molecule has 1 aliphatic heterocycles. The van der Waals surface area contributed by atoms with Gasteiger partial charge in [-0.05, 0) is 82.5 Å². The number of aryl methyl sites for hydroxylation is 1. The van der Waals surface area contributed by atoms with Gasteiger partial charge in [0.25, 0.3) is 0 Å². The lowest BCUT2D eigenvalue weighted by Gasteiger charge is -2.34. The van der Waals surface area contributed by atoms with Crippen molar-refractivity contribution in [2.24, 2.45) is 0 Å². The summed E-state index contributed by atoms with van der Waals surface area (Å²) >= 11 is 5.20. The number of benzene rings is 1. The van der Waals surface area contributed by atoms with Crippen LogP contribution < -0.4 is 4.72 Å². The number of nitrogens with one attached hydrogen (secondary N) is 1. The maximum atomic E-state index is 5.56. The first-order valence-corrected chi connectivity index (χ1v) is 13.3. The van der Waals surface area contributed by atoms with Gasteiger partial charge in [-0.15, -0.1) is 0 Å². The highest BCUT2D eigenvalue weighted by Gasteiger charge is 2.26. The van der Waals surface area contributed by atoms with E-state index in [0.29, 0.717) is 6.04 Å². The number of anilines is 1. The van der Waals surface area contributed by atoms with Crippen LogP contribution in [-0.2, 0) is 24.8 Å². The van der Waals surface area contributed by atoms with Crippen molar-refractivity contribution in [3.63, 3.8) is 0 Å². The second-order valence-corrected chi connectivity index (χ2v) is 11.5. The molecule has 0 bridgehead atoms. The van der Waals surface area contributed by atoms with Crippen LogP contribution in [0.2, 0.25) is 0 Å². The average Bonchev–Trinajstić information content (AvgIpc) is 3.18. The third-order valence-corrected chi connectivity index (χ3v) is 7.71. The van der Waals surface area contributed by atoms with E-state index in [9.17, 15) is 0 Å². The first-order chi connectivity index (χ1) is 15.8. The van der Waals surface area contributed by atoms with Gasteiger partial charge in [0.05, 0.1) is 0 Å². The Morgan fingerprint density at radius 2 is 2.03 bits per heavy atom. The number of fused-ring (bicyclic) bond motifs is 1. The van der Waals surface area contributed by atoms with Gasteiger partial charge in [0, 0.05) is 41.3 Å². The summed E-state index contributed by atoms with van der Waals surface area (Å²) in [5.41, 5.74) is 5.20. The van der Waals surface area contributed by atoms with Crippen LogP contribution >= 0.6 is 27.9 Å². The van der Waals surface area contributed by atoms with Crippen molar-refractivity contribution in [3.05, 3.63) is 69.1 Å². The molecule has 7 heteroatoms. The van der Waals surface area contributed by atoms with E-state index in [2.05, 4.69) is 107 Å². The zero-order valence-corrected chi connectivity index (χ0v) is 22.5. The van der Waals surface area contributed by atoms with Crippen LogP contribution in [0.1, 0.15) is 75.2 Å². The minimum atomic E-state index is -0.103. The monoisotopic (exact) mass is 528 g/mol. The van der Waals surface area contributed by atoms with Crippen LogP contribution in [0.25, 0.3) is 0 Å². The van der Waals surface area contributed by atoms with Gasteiger partial charge in [0.15, 0.2) is 11.6 Å². The molecule has 33 heavy (non-hydrogen) atoms. The van der Waals surface area contributed by atoms with Gasteiger partial charge in [-0.3, -0.25) is 9.88 Å². The molecule has 1 N–H and O–H groups in total. The largest absolute Gasteiger partial charge is 0.357 e. The van der Waals surface area contributed by atoms with Crippen LogP contribution in [0, 0.1) is 0 Å². The Kier molecular flexibility index (Phi) is 7.51. The summed E-state index contributed by atoms with van der Waals surface area (Å²) < 4.78 is 9.79. The first kappa shape index (κ1) is 24.3. The molecule has 3 heterocycles. The normalized spacial score (nSPS) is 15.3. The third kappa shape index (κ3) is 5.64. The van der Waals surface area contributed by atoms with Gasteiger partial charge >= 0.3 is 0 Å². The minimum Gasteiger partial charge on any atom is -0.357 e. The molecule has 0 saturated carbocycles. The van der Waals surface area contributed by atoms with E-state index in [4.69, 9.17) is 4.52 Å². The molecule has 5 nitrogen and oxygen atoms in total. The first-order valence-electron chi connectivity index (χ1n) is 11.7. The summed E-state index contributed by atoms with van der Waals surface area (Å²) in [6.07, 6.45) is 5.31. The number of hydrogen-bond donors (Lipinski definition) is 1. The summed E-state index contributed by atoms with van der Waals surface area (Å²) in [7, 11) is 0. The highest BCUT2D eigenvalue weighted by Crippen LogP contribution is 2.37. The second kappa shape index (κ2) is 10.2. The predicted molar refractivity (Wildman–Crippen MR) is 140 cm³/mol. The van der Waals surface area contributed by atoms with Crippen LogP contribution in [0.4, 0.5) is 5.82 Å². The number of halogens is 1. The van der Waals surface area contributed by atoms with Crippen molar-refractivity contribution < 1.29 is 4.52 Å². The molecule has 4 rings (SSSR count). The standard InChI is InChI=1S/C26H33BrN4OS/c1-6-7-21-10-8-19(15-28-21)17(2)31-13-12-18-9-11-22(14-20(18)16-31)33-30-25-23(27)24(32-29-25)26(3,4)5/h8-11,14-15,17H,6-7,12-13,16H2,1-5H3,(H,29,30). The smallest absolute Gasteiger partial charge is 0.194 e. The number of pyridine rings is 1. The molecule has 0 saturated heterocycles. The lowest BCUT2D eigenvalue weighted by atomic mass is 9.93. The lowest BCUT2D eigenvalue weighted by molar-refractivity contribution is 0.191.